The molecule has 0 aromatic heterocycles. The van der Waals surface area contributed by atoms with Gasteiger partial charge in [-0.1, -0.05) is 0 Å². The van der Waals surface area contributed by atoms with E-state index in [1.165, 1.54) is 21.3 Å². The van der Waals surface area contributed by atoms with Gasteiger partial charge in [0.1, 0.15) is 12.2 Å². The molecule has 0 unspecified atom stereocenters. The maximum Gasteiger partial charge on any atom is 0.146 e. The Balaban J connectivity index is 4.07. The average molecular weight is 203 g/mol. The summed E-state index contributed by atoms with van der Waals surface area (Å²) < 4.78 is 14.7. The summed E-state index contributed by atoms with van der Waals surface area (Å²) in [7, 11) is 4.42. The van der Waals surface area contributed by atoms with Crippen molar-refractivity contribution in [2.75, 3.05) is 27.9 Å². The fourth-order valence-corrected chi connectivity index (χ4v) is 1.10. The normalized spacial score (nSPS) is 17.1. The molecular formula is C9H17NO4. The number of hydrogen-bond acceptors (Lipinski definition) is 5. The van der Waals surface area contributed by atoms with Crippen molar-refractivity contribution in [2.24, 2.45) is 0 Å². The number of rotatable bonds is 7. The Morgan fingerprint density at radius 1 is 1.29 bits per heavy atom. The molecule has 0 aliphatic heterocycles. The molecular weight excluding hydrogens is 186 g/mol. The molecule has 82 valence electrons. The van der Waals surface area contributed by atoms with E-state index in [2.05, 4.69) is 0 Å². The standard InChI is InChI=1S/C9H17NO4/c1-12-6-8(11)9(14-3)4-7(5-10)13-2/h7-9,11H,4,6H2,1-3H3/t7-,8+,9-/m0/s1. The quantitative estimate of drug-likeness (QED) is 0.627. The van der Waals surface area contributed by atoms with Gasteiger partial charge in [0.05, 0.1) is 18.8 Å². The molecule has 0 aromatic rings. The van der Waals surface area contributed by atoms with Crippen molar-refractivity contribution in [2.45, 2.75) is 24.7 Å². The topological polar surface area (TPSA) is 71.7 Å². The van der Waals surface area contributed by atoms with Crippen molar-refractivity contribution in [1.29, 1.82) is 5.26 Å². The van der Waals surface area contributed by atoms with Crippen LogP contribution < -0.4 is 0 Å². The minimum Gasteiger partial charge on any atom is -0.388 e. The fourth-order valence-electron chi connectivity index (χ4n) is 1.10. The number of nitrogens with zero attached hydrogens (tertiary/aromatic N) is 1. The Morgan fingerprint density at radius 2 is 1.93 bits per heavy atom. The second kappa shape index (κ2) is 7.71. The first kappa shape index (κ1) is 13.3. The summed E-state index contributed by atoms with van der Waals surface area (Å²) in [6.45, 7) is 0.181. The van der Waals surface area contributed by atoms with E-state index < -0.39 is 18.3 Å². The summed E-state index contributed by atoms with van der Waals surface area (Å²) in [5.41, 5.74) is 0. The monoisotopic (exact) mass is 203 g/mol. The summed E-state index contributed by atoms with van der Waals surface area (Å²) in [6, 6.07) is 1.96. The number of aliphatic hydroxyl groups is 1. The Kier molecular flexibility index (Phi) is 7.34. The van der Waals surface area contributed by atoms with Crippen molar-refractivity contribution >= 4 is 0 Å². The molecule has 0 aliphatic rings. The van der Waals surface area contributed by atoms with Crippen LogP contribution in [0.25, 0.3) is 0 Å². The number of aliphatic hydroxyl groups excluding tert-OH is 1. The van der Waals surface area contributed by atoms with Gasteiger partial charge in [0, 0.05) is 27.8 Å². The van der Waals surface area contributed by atoms with Crippen LogP contribution >= 0.6 is 0 Å². The number of nitriles is 1. The number of hydrogen-bond donors (Lipinski definition) is 1. The summed E-state index contributed by atoms with van der Waals surface area (Å²) >= 11 is 0. The second-order valence-electron chi connectivity index (χ2n) is 2.89. The first-order chi connectivity index (χ1) is 6.69. The molecule has 5 heteroatoms. The van der Waals surface area contributed by atoms with E-state index in [4.69, 9.17) is 19.5 Å². The summed E-state index contributed by atoms with van der Waals surface area (Å²) in [5.74, 6) is 0. The highest BCUT2D eigenvalue weighted by Gasteiger charge is 2.22. The molecule has 0 saturated carbocycles. The lowest BCUT2D eigenvalue weighted by atomic mass is 10.1. The van der Waals surface area contributed by atoms with Gasteiger partial charge in [-0.2, -0.15) is 5.26 Å². The van der Waals surface area contributed by atoms with Gasteiger partial charge in [0.2, 0.25) is 0 Å². The molecule has 0 amide bonds. The Labute approximate surface area is 84.2 Å². The van der Waals surface area contributed by atoms with Crippen molar-refractivity contribution in [3.63, 3.8) is 0 Å². The second-order valence-corrected chi connectivity index (χ2v) is 2.89. The lowest BCUT2D eigenvalue weighted by molar-refractivity contribution is -0.0632. The molecule has 0 saturated heterocycles. The molecule has 3 atom stereocenters. The molecule has 1 N–H and O–H groups in total. The zero-order chi connectivity index (χ0) is 11.0. The Morgan fingerprint density at radius 3 is 2.29 bits per heavy atom. The van der Waals surface area contributed by atoms with Crippen LogP contribution in [0.1, 0.15) is 6.42 Å². The van der Waals surface area contributed by atoms with Crippen molar-refractivity contribution in [1.82, 2.24) is 0 Å². The summed E-state index contributed by atoms with van der Waals surface area (Å²) in [4.78, 5) is 0. The highest BCUT2D eigenvalue weighted by atomic mass is 16.5. The minimum atomic E-state index is -0.740. The Hall–Kier alpha value is -0.670. The van der Waals surface area contributed by atoms with Crippen molar-refractivity contribution in [3.8, 4) is 6.07 Å². The average Bonchev–Trinajstić information content (AvgIpc) is 2.20. The van der Waals surface area contributed by atoms with E-state index in [9.17, 15) is 5.11 Å². The minimum absolute atomic E-state index is 0.181. The highest BCUT2D eigenvalue weighted by molar-refractivity contribution is 4.87. The molecule has 0 bridgehead atoms. The third-order valence-electron chi connectivity index (χ3n) is 1.94. The Bertz CT molecular complexity index is 180. The third-order valence-corrected chi connectivity index (χ3v) is 1.94. The summed E-state index contributed by atoms with van der Waals surface area (Å²) in [6.07, 6.45) is -1.42. The van der Waals surface area contributed by atoms with Gasteiger partial charge in [0.25, 0.3) is 0 Å². The first-order valence-corrected chi connectivity index (χ1v) is 4.31. The van der Waals surface area contributed by atoms with Crippen molar-refractivity contribution < 1.29 is 19.3 Å². The van der Waals surface area contributed by atoms with Gasteiger partial charge in [-0.25, -0.2) is 0 Å². The van der Waals surface area contributed by atoms with Gasteiger partial charge >= 0.3 is 0 Å². The molecule has 0 heterocycles. The van der Waals surface area contributed by atoms with Gasteiger partial charge in [0.15, 0.2) is 0 Å². The molecule has 0 radical (unpaired) electrons. The van der Waals surface area contributed by atoms with Crippen LogP contribution in [0.15, 0.2) is 0 Å². The molecule has 0 aromatic carbocycles. The van der Waals surface area contributed by atoms with Crippen LogP contribution in [0.5, 0.6) is 0 Å². The van der Waals surface area contributed by atoms with Crippen LogP contribution in [0.4, 0.5) is 0 Å². The third kappa shape index (κ3) is 4.53. The van der Waals surface area contributed by atoms with Gasteiger partial charge in [-0.05, 0) is 0 Å². The van der Waals surface area contributed by atoms with Gasteiger partial charge in [-0.15, -0.1) is 0 Å². The van der Waals surface area contributed by atoms with Crippen LogP contribution in [-0.4, -0.2) is 51.4 Å². The van der Waals surface area contributed by atoms with Crippen LogP contribution in [0.2, 0.25) is 0 Å². The smallest absolute Gasteiger partial charge is 0.146 e. The molecule has 14 heavy (non-hydrogen) atoms. The molecule has 0 spiro atoms. The van der Waals surface area contributed by atoms with E-state index >= 15 is 0 Å². The zero-order valence-corrected chi connectivity index (χ0v) is 8.77. The lowest BCUT2D eigenvalue weighted by Gasteiger charge is -2.22. The van der Waals surface area contributed by atoms with Crippen LogP contribution in [-0.2, 0) is 14.2 Å². The van der Waals surface area contributed by atoms with E-state index in [1.54, 1.807) is 0 Å². The fraction of sp³-hybridized carbons (Fsp3) is 0.889. The predicted molar refractivity (Wildman–Crippen MR) is 49.7 cm³/mol. The summed E-state index contributed by atoms with van der Waals surface area (Å²) in [5, 5.41) is 18.2. The van der Waals surface area contributed by atoms with Crippen molar-refractivity contribution in [3.05, 3.63) is 0 Å². The van der Waals surface area contributed by atoms with E-state index in [0.717, 1.165) is 0 Å². The largest absolute Gasteiger partial charge is 0.388 e. The van der Waals surface area contributed by atoms with Gasteiger partial charge in [-0.3, -0.25) is 0 Å². The number of ether oxygens (including phenoxy) is 3. The van der Waals surface area contributed by atoms with E-state index in [1.807, 2.05) is 6.07 Å². The molecule has 0 rings (SSSR count). The first-order valence-electron chi connectivity index (χ1n) is 4.31. The zero-order valence-electron chi connectivity index (χ0n) is 8.77. The lowest BCUT2D eigenvalue weighted by Crippen LogP contribution is -2.35. The maximum atomic E-state index is 9.53. The predicted octanol–water partition coefficient (Wildman–Crippen LogP) is -0.0626. The molecule has 0 fully saturated rings. The molecule has 5 nitrogen and oxygen atoms in total. The molecule has 0 aliphatic carbocycles. The van der Waals surface area contributed by atoms with Gasteiger partial charge < -0.3 is 19.3 Å². The van der Waals surface area contributed by atoms with Crippen LogP contribution in [0, 0.1) is 11.3 Å². The maximum absolute atomic E-state index is 9.53. The number of methoxy groups -OCH3 is 3. The van der Waals surface area contributed by atoms with E-state index in [-0.39, 0.29) is 6.61 Å². The van der Waals surface area contributed by atoms with E-state index in [0.29, 0.717) is 6.42 Å². The van der Waals surface area contributed by atoms with Crippen LogP contribution in [0.3, 0.4) is 0 Å². The SMILES string of the molecule is COC[C@@H](O)[C@H](C[C@@H](C#N)OC)OC. The highest BCUT2D eigenvalue weighted by Crippen LogP contribution is 2.09.